The van der Waals surface area contributed by atoms with Gasteiger partial charge in [0.25, 0.3) is 0 Å². The summed E-state index contributed by atoms with van der Waals surface area (Å²) in [6.45, 7) is 3.39. The van der Waals surface area contributed by atoms with Crippen molar-refractivity contribution in [3.8, 4) is 0 Å². The molecular formula is C14H19N3O. The topological polar surface area (TPSA) is 58.4 Å². The first kappa shape index (κ1) is 11.4. The Kier molecular flexibility index (Phi) is 2.65. The molecule has 0 saturated heterocycles. The van der Waals surface area contributed by atoms with E-state index in [1.54, 1.807) is 0 Å². The molecule has 2 aliphatic rings. The van der Waals surface area contributed by atoms with Crippen LogP contribution in [0.25, 0.3) is 0 Å². The number of anilines is 2. The zero-order chi connectivity index (χ0) is 12.7. The summed E-state index contributed by atoms with van der Waals surface area (Å²) in [5, 5.41) is 3.03. The Hall–Kier alpha value is -1.71. The molecule has 1 aromatic carbocycles. The fourth-order valence-corrected chi connectivity index (χ4v) is 2.48. The van der Waals surface area contributed by atoms with E-state index >= 15 is 0 Å². The normalized spacial score (nSPS) is 17.7. The summed E-state index contributed by atoms with van der Waals surface area (Å²) < 4.78 is 0. The molecule has 1 fully saturated rings. The lowest BCUT2D eigenvalue weighted by molar-refractivity contribution is -0.119. The zero-order valence-electron chi connectivity index (χ0n) is 10.7. The molecule has 1 saturated carbocycles. The molecule has 1 heterocycles. The van der Waals surface area contributed by atoms with Gasteiger partial charge in [-0.2, -0.15) is 0 Å². The van der Waals surface area contributed by atoms with E-state index in [9.17, 15) is 4.79 Å². The third kappa shape index (κ3) is 2.15. The number of hydrogen-bond acceptors (Lipinski definition) is 3. The summed E-state index contributed by atoms with van der Waals surface area (Å²) in [5.41, 5.74) is 10.3. The molecule has 1 aliphatic carbocycles. The van der Waals surface area contributed by atoms with Gasteiger partial charge in [-0.15, -0.1) is 0 Å². The second-order valence-corrected chi connectivity index (χ2v) is 5.35. The Labute approximate surface area is 107 Å². The molecule has 3 rings (SSSR count). The summed E-state index contributed by atoms with van der Waals surface area (Å²) in [6.07, 6.45) is 3.27. The van der Waals surface area contributed by atoms with Crippen LogP contribution in [-0.2, 0) is 11.2 Å². The predicted molar refractivity (Wildman–Crippen MR) is 72.7 cm³/mol. The number of nitrogens with zero attached hydrogens (tertiary/aromatic N) is 1. The van der Waals surface area contributed by atoms with Gasteiger partial charge in [0.2, 0.25) is 5.91 Å². The number of nitrogens with one attached hydrogen (secondary N) is 1. The SMILES string of the molecule is Cc1cc2c(cc1N)N(CC(=O)NC1CC1)CC2. The van der Waals surface area contributed by atoms with Gasteiger partial charge < -0.3 is 16.0 Å². The van der Waals surface area contributed by atoms with Gasteiger partial charge in [0.1, 0.15) is 0 Å². The Morgan fingerprint density at radius 2 is 2.28 bits per heavy atom. The van der Waals surface area contributed by atoms with Crippen LogP contribution in [-0.4, -0.2) is 25.0 Å². The quantitative estimate of drug-likeness (QED) is 0.787. The fourth-order valence-electron chi connectivity index (χ4n) is 2.48. The average molecular weight is 245 g/mol. The Morgan fingerprint density at radius 3 is 3.00 bits per heavy atom. The van der Waals surface area contributed by atoms with Crippen molar-refractivity contribution >= 4 is 17.3 Å². The second-order valence-electron chi connectivity index (χ2n) is 5.35. The molecule has 0 aromatic heterocycles. The molecular weight excluding hydrogens is 226 g/mol. The first-order chi connectivity index (χ1) is 8.63. The van der Waals surface area contributed by atoms with Crippen molar-refractivity contribution in [1.29, 1.82) is 0 Å². The average Bonchev–Trinajstić information content (AvgIpc) is 3.05. The van der Waals surface area contributed by atoms with E-state index in [1.165, 1.54) is 5.56 Å². The molecule has 18 heavy (non-hydrogen) atoms. The number of amides is 1. The van der Waals surface area contributed by atoms with Crippen LogP contribution in [0.1, 0.15) is 24.0 Å². The van der Waals surface area contributed by atoms with Crippen molar-refractivity contribution in [2.45, 2.75) is 32.2 Å². The molecule has 1 aromatic rings. The van der Waals surface area contributed by atoms with Gasteiger partial charge in [0.15, 0.2) is 0 Å². The van der Waals surface area contributed by atoms with E-state index < -0.39 is 0 Å². The van der Waals surface area contributed by atoms with Gasteiger partial charge in [-0.1, -0.05) is 6.07 Å². The number of fused-ring (bicyclic) bond motifs is 1. The molecule has 0 unspecified atom stereocenters. The number of carbonyl (C=O) groups is 1. The zero-order valence-corrected chi connectivity index (χ0v) is 10.7. The number of aryl methyl sites for hydroxylation is 1. The van der Waals surface area contributed by atoms with Gasteiger partial charge in [-0.25, -0.2) is 0 Å². The molecule has 1 aliphatic heterocycles. The van der Waals surface area contributed by atoms with E-state index in [1.807, 2.05) is 13.0 Å². The summed E-state index contributed by atoms with van der Waals surface area (Å²) >= 11 is 0. The van der Waals surface area contributed by atoms with E-state index in [-0.39, 0.29) is 5.91 Å². The van der Waals surface area contributed by atoms with E-state index in [2.05, 4.69) is 16.3 Å². The highest BCUT2D eigenvalue weighted by Crippen LogP contribution is 2.31. The van der Waals surface area contributed by atoms with Crippen molar-refractivity contribution in [3.05, 3.63) is 23.3 Å². The third-order valence-electron chi connectivity index (χ3n) is 3.74. The van der Waals surface area contributed by atoms with Gasteiger partial charge in [0, 0.05) is 24.0 Å². The number of nitrogens with two attached hydrogens (primary N) is 1. The number of benzene rings is 1. The summed E-state index contributed by atoms with van der Waals surface area (Å²) in [6, 6.07) is 4.58. The van der Waals surface area contributed by atoms with Crippen LogP contribution in [0.2, 0.25) is 0 Å². The van der Waals surface area contributed by atoms with Gasteiger partial charge >= 0.3 is 0 Å². The Morgan fingerprint density at radius 1 is 1.50 bits per heavy atom. The molecule has 0 radical (unpaired) electrons. The first-order valence-electron chi connectivity index (χ1n) is 6.57. The molecule has 0 bridgehead atoms. The molecule has 3 N–H and O–H groups in total. The van der Waals surface area contributed by atoms with Crippen LogP contribution in [0.5, 0.6) is 0 Å². The minimum absolute atomic E-state index is 0.129. The summed E-state index contributed by atoms with van der Waals surface area (Å²) in [4.78, 5) is 14.0. The Balaban J connectivity index is 1.73. The molecule has 0 spiro atoms. The van der Waals surface area contributed by atoms with Crippen LogP contribution >= 0.6 is 0 Å². The molecule has 1 amide bonds. The summed E-state index contributed by atoms with van der Waals surface area (Å²) in [7, 11) is 0. The third-order valence-corrected chi connectivity index (χ3v) is 3.74. The van der Waals surface area contributed by atoms with Crippen molar-refractivity contribution < 1.29 is 4.79 Å². The minimum Gasteiger partial charge on any atom is -0.398 e. The largest absolute Gasteiger partial charge is 0.398 e. The lowest BCUT2D eigenvalue weighted by atomic mass is 10.1. The van der Waals surface area contributed by atoms with Crippen LogP contribution in [0.15, 0.2) is 12.1 Å². The second kappa shape index (κ2) is 4.19. The van der Waals surface area contributed by atoms with Gasteiger partial charge in [-0.05, 0) is 43.4 Å². The van der Waals surface area contributed by atoms with E-state index in [4.69, 9.17) is 5.73 Å². The molecule has 4 heteroatoms. The van der Waals surface area contributed by atoms with E-state index in [0.29, 0.717) is 12.6 Å². The maximum Gasteiger partial charge on any atom is 0.239 e. The standard InChI is InChI=1S/C14H19N3O/c1-9-6-10-4-5-17(13(10)7-12(9)15)8-14(18)16-11-2-3-11/h6-7,11H,2-5,8,15H2,1H3,(H,16,18). The smallest absolute Gasteiger partial charge is 0.239 e. The fraction of sp³-hybridized carbons (Fsp3) is 0.500. The highest BCUT2D eigenvalue weighted by molar-refractivity contribution is 5.83. The van der Waals surface area contributed by atoms with Crippen LogP contribution in [0.4, 0.5) is 11.4 Å². The molecule has 0 atom stereocenters. The highest BCUT2D eigenvalue weighted by atomic mass is 16.2. The van der Waals surface area contributed by atoms with Gasteiger partial charge in [-0.3, -0.25) is 4.79 Å². The minimum atomic E-state index is 0.129. The number of rotatable bonds is 3. The Bertz CT molecular complexity index is 494. The lowest BCUT2D eigenvalue weighted by Crippen LogP contribution is -2.37. The van der Waals surface area contributed by atoms with E-state index in [0.717, 1.165) is 42.7 Å². The highest BCUT2D eigenvalue weighted by Gasteiger charge is 2.26. The lowest BCUT2D eigenvalue weighted by Gasteiger charge is -2.19. The maximum absolute atomic E-state index is 11.8. The van der Waals surface area contributed by atoms with Crippen molar-refractivity contribution in [1.82, 2.24) is 5.32 Å². The van der Waals surface area contributed by atoms with Crippen LogP contribution in [0, 0.1) is 6.92 Å². The predicted octanol–water partition coefficient (Wildman–Crippen LogP) is 1.22. The monoisotopic (exact) mass is 245 g/mol. The maximum atomic E-state index is 11.8. The van der Waals surface area contributed by atoms with Gasteiger partial charge in [0.05, 0.1) is 6.54 Å². The van der Waals surface area contributed by atoms with Crippen molar-refractivity contribution in [2.24, 2.45) is 0 Å². The number of nitrogen functional groups attached to an aromatic ring is 1. The van der Waals surface area contributed by atoms with Crippen LogP contribution in [0.3, 0.4) is 0 Å². The van der Waals surface area contributed by atoms with Crippen molar-refractivity contribution in [2.75, 3.05) is 23.7 Å². The van der Waals surface area contributed by atoms with Crippen LogP contribution < -0.4 is 16.0 Å². The number of hydrogen-bond donors (Lipinski definition) is 2. The summed E-state index contributed by atoms with van der Waals surface area (Å²) in [5.74, 6) is 0.129. The molecule has 96 valence electrons. The number of carbonyl (C=O) groups excluding carboxylic acids is 1. The first-order valence-corrected chi connectivity index (χ1v) is 6.57. The molecule has 4 nitrogen and oxygen atoms in total. The van der Waals surface area contributed by atoms with Crippen molar-refractivity contribution in [3.63, 3.8) is 0 Å².